The summed E-state index contributed by atoms with van der Waals surface area (Å²) in [5.41, 5.74) is 6.32. The molecule has 0 aliphatic rings. The van der Waals surface area contributed by atoms with Crippen molar-refractivity contribution in [3.05, 3.63) is 23.8 Å². The first-order valence-corrected chi connectivity index (χ1v) is 29.9. The summed E-state index contributed by atoms with van der Waals surface area (Å²) < 4.78 is 0. The van der Waals surface area contributed by atoms with Gasteiger partial charge in [-0.2, -0.15) is 0 Å². The number of carbonyl (C=O) groups is 1. The lowest BCUT2D eigenvalue weighted by atomic mass is 10.2. The van der Waals surface area contributed by atoms with Gasteiger partial charge in [-0.3, -0.25) is 4.79 Å². The van der Waals surface area contributed by atoms with Gasteiger partial charge in [-0.1, -0.05) is 69.1 Å². The molecule has 0 heterocycles. The molecule has 0 aliphatic carbocycles. The third kappa shape index (κ3) is 14.3. The summed E-state index contributed by atoms with van der Waals surface area (Å²) in [6, 6.07) is 0.563. The third-order valence-corrected chi connectivity index (χ3v) is 27.2. The van der Waals surface area contributed by atoms with Crippen LogP contribution < -0.4 is 21.7 Å². The smallest absolute Gasteiger partial charge is 0.251 e. The van der Waals surface area contributed by atoms with Crippen LogP contribution in [0, 0.1) is 0 Å². The van der Waals surface area contributed by atoms with Gasteiger partial charge in [0.1, 0.15) is 0 Å². The Hall–Kier alpha value is 2.11. The van der Waals surface area contributed by atoms with Gasteiger partial charge in [-0.05, 0) is 100 Å². The standard InChI is InChI=1S/C21H42N2OP6S4/c1-27(2,31)14-25(15-28(3,4)32)19-10-9-18(21(24)23-12-11-22)13-20(19)26(16-29(5,6)33)17-30(7,8)34/h9-10,13H,11-12,14-17,22H2,1-8H3,(H,23,24). The van der Waals surface area contributed by atoms with E-state index in [2.05, 4.69) is 70.8 Å². The average Bonchev–Trinajstić information content (AvgIpc) is 2.60. The summed E-state index contributed by atoms with van der Waals surface area (Å²) in [7, 11) is -1.06. The van der Waals surface area contributed by atoms with Gasteiger partial charge in [0.05, 0.1) is 0 Å². The molecule has 0 aliphatic heterocycles. The highest BCUT2D eigenvalue weighted by Gasteiger charge is 2.28. The molecular formula is C21H42N2OP6S4. The second-order valence-corrected chi connectivity index (χ2v) is 42.8. The van der Waals surface area contributed by atoms with Crippen molar-refractivity contribution >= 4 is 104 Å². The largest absolute Gasteiger partial charge is 0.351 e. The average molecular weight is 653 g/mol. The first-order valence-electron chi connectivity index (χ1n) is 11.0. The third-order valence-electron chi connectivity index (χ3n) is 4.39. The molecule has 1 aromatic rings. The second-order valence-electron chi connectivity index (χ2n) is 10.7. The van der Waals surface area contributed by atoms with Crippen molar-refractivity contribution in [3.8, 4) is 0 Å². The van der Waals surface area contributed by atoms with Crippen molar-refractivity contribution in [3.63, 3.8) is 0 Å². The molecular weight excluding hydrogens is 610 g/mol. The molecule has 13 heteroatoms. The van der Waals surface area contributed by atoms with Gasteiger partial charge in [0, 0.05) is 42.3 Å². The maximum atomic E-state index is 12.9. The molecule has 3 N–H and O–H groups in total. The lowest BCUT2D eigenvalue weighted by Gasteiger charge is -2.32. The van der Waals surface area contributed by atoms with Crippen LogP contribution in [0.5, 0.6) is 0 Å². The van der Waals surface area contributed by atoms with Crippen molar-refractivity contribution < 1.29 is 4.79 Å². The molecule has 0 bridgehead atoms. The van der Waals surface area contributed by atoms with Crippen molar-refractivity contribution in [1.29, 1.82) is 0 Å². The Morgan fingerprint density at radius 2 is 1.15 bits per heavy atom. The maximum Gasteiger partial charge on any atom is 0.251 e. The van der Waals surface area contributed by atoms with E-state index >= 15 is 0 Å². The van der Waals surface area contributed by atoms with E-state index in [-0.39, 0.29) is 5.91 Å². The minimum atomic E-state index is -1.47. The summed E-state index contributed by atoms with van der Waals surface area (Å²) in [5, 5.41) is 5.67. The number of rotatable bonds is 13. The summed E-state index contributed by atoms with van der Waals surface area (Å²) in [4.78, 5) is 12.9. The number of hydrogen-bond donors (Lipinski definition) is 2. The summed E-state index contributed by atoms with van der Waals surface area (Å²) in [6.45, 7) is 18.8. The first-order chi connectivity index (χ1) is 15.2. The second kappa shape index (κ2) is 14.0. The van der Waals surface area contributed by atoms with E-state index in [1.165, 1.54) is 10.6 Å². The lowest BCUT2D eigenvalue weighted by Crippen LogP contribution is -2.32. The molecule has 34 heavy (non-hydrogen) atoms. The van der Waals surface area contributed by atoms with Gasteiger partial charge < -0.3 is 11.1 Å². The van der Waals surface area contributed by atoms with Crippen LogP contribution in [-0.4, -0.2) is 95.9 Å². The van der Waals surface area contributed by atoms with E-state index in [4.69, 9.17) is 53.0 Å². The molecule has 0 saturated carbocycles. The van der Waals surface area contributed by atoms with Crippen LogP contribution in [-0.2, 0) is 47.2 Å². The minimum absolute atomic E-state index is 0.0652. The number of hydrogen-bond acceptors (Lipinski definition) is 6. The molecule has 0 unspecified atom stereocenters. The zero-order valence-corrected chi connectivity index (χ0v) is 30.4. The Labute approximate surface area is 231 Å². The topological polar surface area (TPSA) is 55.1 Å². The van der Waals surface area contributed by atoms with Crippen LogP contribution in [0.2, 0.25) is 0 Å². The Morgan fingerprint density at radius 1 is 0.765 bits per heavy atom. The normalized spacial score (nSPS) is 13.5. The van der Waals surface area contributed by atoms with Crippen LogP contribution in [0.15, 0.2) is 18.2 Å². The summed E-state index contributed by atoms with van der Waals surface area (Å²) >= 11 is 23.9. The fourth-order valence-electron chi connectivity index (χ4n) is 3.51. The molecule has 0 saturated heterocycles. The molecule has 1 aromatic carbocycles. The number of nitrogens with two attached hydrogens (primary N) is 1. The number of amides is 1. The number of nitrogens with one attached hydrogen (secondary N) is 1. The fourth-order valence-corrected chi connectivity index (χ4v) is 28.7. The van der Waals surface area contributed by atoms with Gasteiger partial charge in [0.15, 0.2) is 0 Å². The quantitative estimate of drug-likeness (QED) is 0.280. The van der Waals surface area contributed by atoms with Gasteiger partial charge in [-0.25, -0.2) is 0 Å². The number of benzene rings is 1. The monoisotopic (exact) mass is 652 g/mol. The summed E-state index contributed by atoms with van der Waals surface area (Å²) in [6.07, 6.45) is 0. The van der Waals surface area contributed by atoms with Crippen LogP contribution in [0.3, 0.4) is 0 Å². The minimum Gasteiger partial charge on any atom is -0.351 e. The first kappa shape index (κ1) is 34.1. The molecule has 0 atom stereocenters. The molecule has 0 radical (unpaired) electrons. The zero-order valence-electron chi connectivity index (χ0n) is 21.8. The molecule has 1 amide bonds. The molecule has 0 spiro atoms. The highest BCUT2D eigenvalue weighted by Crippen LogP contribution is 2.62. The Morgan fingerprint density at radius 3 is 1.50 bits per heavy atom. The maximum absolute atomic E-state index is 12.9. The fraction of sp³-hybridized carbons (Fsp3) is 0.667. The van der Waals surface area contributed by atoms with Crippen molar-refractivity contribution in [2.24, 2.45) is 5.73 Å². The van der Waals surface area contributed by atoms with Gasteiger partial charge in [-0.15, -0.1) is 0 Å². The van der Waals surface area contributed by atoms with Crippen molar-refractivity contribution in [2.75, 3.05) is 90.0 Å². The van der Waals surface area contributed by atoms with Crippen LogP contribution in [0.1, 0.15) is 10.4 Å². The van der Waals surface area contributed by atoms with Crippen LogP contribution >= 0.6 is 40.0 Å². The predicted octanol–water partition coefficient (Wildman–Crippen LogP) is 5.38. The Balaban J connectivity index is 3.81. The van der Waals surface area contributed by atoms with E-state index in [0.717, 1.165) is 23.6 Å². The van der Waals surface area contributed by atoms with E-state index in [9.17, 15) is 4.79 Å². The van der Waals surface area contributed by atoms with E-state index in [0.29, 0.717) is 18.7 Å². The molecule has 3 nitrogen and oxygen atoms in total. The molecule has 0 fully saturated rings. The summed E-state index contributed by atoms with van der Waals surface area (Å²) in [5.74, 6) is 4.11. The Kier molecular flexibility index (Phi) is 14.0. The van der Waals surface area contributed by atoms with Crippen LogP contribution in [0.25, 0.3) is 0 Å². The highest BCUT2D eigenvalue weighted by molar-refractivity contribution is 8.21. The lowest BCUT2D eigenvalue weighted by molar-refractivity contribution is 0.0955. The number of carbonyl (C=O) groups excluding carboxylic acids is 1. The molecule has 1 rings (SSSR count). The van der Waals surface area contributed by atoms with Gasteiger partial charge in [0.25, 0.3) is 5.91 Å². The Bertz CT molecular complexity index is 1010. The molecule has 0 aromatic heterocycles. The zero-order chi connectivity index (χ0) is 26.5. The van der Waals surface area contributed by atoms with Gasteiger partial charge in [0.2, 0.25) is 0 Å². The predicted molar refractivity (Wildman–Crippen MR) is 185 cm³/mol. The highest BCUT2D eigenvalue weighted by atomic mass is 32.5. The van der Waals surface area contributed by atoms with E-state index < -0.39 is 40.0 Å². The van der Waals surface area contributed by atoms with Crippen LogP contribution in [0.4, 0.5) is 0 Å². The van der Waals surface area contributed by atoms with Crippen molar-refractivity contribution in [2.45, 2.75) is 0 Å². The van der Waals surface area contributed by atoms with Gasteiger partial charge >= 0.3 is 0 Å². The van der Waals surface area contributed by atoms with Crippen molar-refractivity contribution in [1.82, 2.24) is 5.32 Å². The SMILES string of the molecule is CP(C)(=S)CP(CP(C)(C)=S)c1ccc(C(=O)NCCN)cc1P(CP(C)(C)=S)CP(C)(C)=S. The van der Waals surface area contributed by atoms with E-state index in [1.807, 2.05) is 6.07 Å². The molecule has 196 valence electrons. The van der Waals surface area contributed by atoms with E-state index in [1.54, 1.807) is 0 Å².